The van der Waals surface area contributed by atoms with Crippen molar-refractivity contribution in [2.75, 3.05) is 0 Å². The van der Waals surface area contributed by atoms with Crippen molar-refractivity contribution in [3.8, 4) is 0 Å². The SMILES string of the molecule is Cc1csc2nc(COC(=O)[C@H](C)NC(=O)c3ccccc3Cl)cc(=O)n12. The summed E-state index contributed by atoms with van der Waals surface area (Å²) >= 11 is 7.30. The molecule has 7 nitrogen and oxygen atoms in total. The molecule has 0 aliphatic carbocycles. The number of carbonyl (C=O) groups excluding carboxylic acids is 2. The van der Waals surface area contributed by atoms with Crippen LogP contribution in [0.4, 0.5) is 0 Å². The number of amides is 1. The van der Waals surface area contributed by atoms with Gasteiger partial charge in [0.1, 0.15) is 12.6 Å². The zero-order valence-corrected chi connectivity index (χ0v) is 16.1. The van der Waals surface area contributed by atoms with Gasteiger partial charge in [-0.3, -0.25) is 14.0 Å². The fourth-order valence-corrected chi connectivity index (χ4v) is 3.54. The van der Waals surface area contributed by atoms with Gasteiger partial charge in [-0.1, -0.05) is 23.7 Å². The Morgan fingerprint density at radius 1 is 1.37 bits per heavy atom. The molecule has 3 rings (SSSR count). The fourth-order valence-electron chi connectivity index (χ4n) is 2.42. The number of esters is 1. The second kappa shape index (κ2) is 7.89. The first kappa shape index (κ1) is 19.1. The second-order valence-electron chi connectivity index (χ2n) is 5.86. The maximum absolute atomic E-state index is 12.2. The van der Waals surface area contributed by atoms with E-state index >= 15 is 0 Å². The van der Waals surface area contributed by atoms with Gasteiger partial charge in [0.05, 0.1) is 16.3 Å². The lowest BCUT2D eigenvalue weighted by atomic mass is 10.2. The van der Waals surface area contributed by atoms with Crippen LogP contribution < -0.4 is 10.9 Å². The summed E-state index contributed by atoms with van der Waals surface area (Å²) in [7, 11) is 0. The van der Waals surface area contributed by atoms with Crippen molar-refractivity contribution >= 4 is 39.8 Å². The van der Waals surface area contributed by atoms with Crippen molar-refractivity contribution in [1.82, 2.24) is 14.7 Å². The lowest BCUT2D eigenvalue weighted by Gasteiger charge is -2.14. The number of carbonyl (C=O) groups is 2. The van der Waals surface area contributed by atoms with Crippen LogP contribution in [0.25, 0.3) is 4.96 Å². The molecule has 3 aromatic rings. The summed E-state index contributed by atoms with van der Waals surface area (Å²) in [4.78, 5) is 41.3. The Morgan fingerprint density at radius 3 is 2.85 bits per heavy atom. The van der Waals surface area contributed by atoms with E-state index in [1.807, 2.05) is 12.3 Å². The number of aryl methyl sites for hydroxylation is 1. The summed E-state index contributed by atoms with van der Waals surface area (Å²) in [6, 6.07) is 6.97. The Kier molecular flexibility index (Phi) is 5.57. The number of thiazole rings is 1. The highest BCUT2D eigenvalue weighted by Crippen LogP contribution is 2.15. The van der Waals surface area contributed by atoms with E-state index in [0.717, 1.165) is 5.69 Å². The van der Waals surface area contributed by atoms with Crippen LogP contribution in [-0.4, -0.2) is 27.3 Å². The van der Waals surface area contributed by atoms with Crippen molar-refractivity contribution in [2.45, 2.75) is 26.5 Å². The molecule has 0 aliphatic heterocycles. The number of aromatic nitrogens is 2. The monoisotopic (exact) mass is 405 g/mol. The molecule has 0 unspecified atom stereocenters. The Hall–Kier alpha value is -2.71. The number of benzene rings is 1. The van der Waals surface area contributed by atoms with E-state index in [2.05, 4.69) is 10.3 Å². The van der Waals surface area contributed by atoms with Gasteiger partial charge in [0, 0.05) is 17.1 Å². The molecule has 1 amide bonds. The Balaban J connectivity index is 1.63. The summed E-state index contributed by atoms with van der Waals surface area (Å²) in [6.45, 7) is 3.16. The van der Waals surface area contributed by atoms with Gasteiger partial charge >= 0.3 is 5.97 Å². The van der Waals surface area contributed by atoms with Crippen molar-refractivity contribution in [3.63, 3.8) is 0 Å². The van der Waals surface area contributed by atoms with E-state index < -0.39 is 17.9 Å². The van der Waals surface area contributed by atoms with Crippen LogP contribution in [0.5, 0.6) is 0 Å². The van der Waals surface area contributed by atoms with Crippen molar-refractivity contribution < 1.29 is 14.3 Å². The van der Waals surface area contributed by atoms with Crippen LogP contribution in [0.2, 0.25) is 5.02 Å². The number of hydrogen-bond donors (Lipinski definition) is 1. The minimum atomic E-state index is -0.886. The number of ether oxygens (including phenoxy) is 1. The minimum Gasteiger partial charge on any atom is -0.458 e. The van der Waals surface area contributed by atoms with Crippen LogP contribution in [0.3, 0.4) is 0 Å². The van der Waals surface area contributed by atoms with Gasteiger partial charge in [0.25, 0.3) is 11.5 Å². The molecule has 0 saturated carbocycles. The number of nitrogens with zero attached hydrogens (tertiary/aromatic N) is 2. The molecule has 1 N–H and O–H groups in total. The minimum absolute atomic E-state index is 0.159. The third-order valence-electron chi connectivity index (χ3n) is 3.81. The maximum Gasteiger partial charge on any atom is 0.328 e. The van der Waals surface area contributed by atoms with E-state index in [9.17, 15) is 14.4 Å². The van der Waals surface area contributed by atoms with Crippen LogP contribution in [0.15, 0.2) is 40.5 Å². The van der Waals surface area contributed by atoms with E-state index in [1.54, 1.807) is 24.3 Å². The van der Waals surface area contributed by atoms with Crippen molar-refractivity contribution in [2.24, 2.45) is 0 Å². The van der Waals surface area contributed by atoms with Crippen molar-refractivity contribution in [1.29, 1.82) is 0 Å². The van der Waals surface area contributed by atoms with E-state index in [0.29, 0.717) is 15.7 Å². The highest BCUT2D eigenvalue weighted by molar-refractivity contribution is 7.15. The number of hydrogen-bond acceptors (Lipinski definition) is 6. The lowest BCUT2D eigenvalue weighted by Crippen LogP contribution is -2.39. The van der Waals surface area contributed by atoms with Crippen LogP contribution >= 0.6 is 22.9 Å². The van der Waals surface area contributed by atoms with Gasteiger partial charge in [0.15, 0.2) is 4.96 Å². The lowest BCUT2D eigenvalue weighted by molar-refractivity contribution is -0.146. The fraction of sp³-hybridized carbons (Fsp3) is 0.222. The van der Waals surface area contributed by atoms with Gasteiger partial charge < -0.3 is 10.1 Å². The molecule has 0 aliphatic rings. The van der Waals surface area contributed by atoms with Gasteiger partial charge in [-0.05, 0) is 26.0 Å². The molecule has 0 radical (unpaired) electrons. The smallest absolute Gasteiger partial charge is 0.328 e. The Labute approximate surface area is 163 Å². The standard InChI is InChI=1S/C18H16ClN3O4S/c1-10-9-27-18-21-12(7-15(23)22(10)18)8-26-17(25)11(2)20-16(24)13-5-3-4-6-14(13)19/h3-7,9,11H,8H2,1-2H3,(H,20,24)/t11-/m0/s1. The largest absolute Gasteiger partial charge is 0.458 e. The van der Waals surface area contributed by atoms with Crippen LogP contribution in [0, 0.1) is 6.92 Å². The predicted octanol–water partition coefficient (Wildman–Crippen LogP) is 2.58. The molecule has 27 heavy (non-hydrogen) atoms. The van der Waals surface area contributed by atoms with E-state index in [1.165, 1.54) is 28.7 Å². The topological polar surface area (TPSA) is 89.8 Å². The van der Waals surface area contributed by atoms with Gasteiger partial charge in [0.2, 0.25) is 0 Å². The molecule has 140 valence electrons. The zero-order chi connectivity index (χ0) is 19.6. The normalized spacial score (nSPS) is 12.0. The number of fused-ring (bicyclic) bond motifs is 1. The predicted molar refractivity (Wildman–Crippen MR) is 102 cm³/mol. The summed E-state index contributed by atoms with van der Waals surface area (Å²) in [6.07, 6.45) is 0. The zero-order valence-electron chi connectivity index (χ0n) is 14.6. The van der Waals surface area contributed by atoms with Crippen LogP contribution in [-0.2, 0) is 16.1 Å². The molecule has 0 spiro atoms. The molecule has 0 fully saturated rings. The average Bonchev–Trinajstić information content (AvgIpc) is 3.01. The summed E-state index contributed by atoms with van der Waals surface area (Å²) in [5.41, 5.74) is 1.18. The molecule has 9 heteroatoms. The molecular weight excluding hydrogens is 390 g/mol. The molecule has 0 bridgehead atoms. The number of halogens is 1. The summed E-state index contributed by atoms with van der Waals surface area (Å²) < 4.78 is 6.66. The molecule has 1 atom stereocenters. The Bertz CT molecular complexity index is 1080. The third-order valence-corrected chi connectivity index (χ3v) is 5.08. The average molecular weight is 406 g/mol. The number of rotatable bonds is 5. The van der Waals surface area contributed by atoms with Gasteiger partial charge in [-0.25, -0.2) is 9.78 Å². The quantitative estimate of drug-likeness (QED) is 0.659. The van der Waals surface area contributed by atoms with Crippen molar-refractivity contribution in [3.05, 3.63) is 68.0 Å². The first-order valence-corrected chi connectivity index (χ1v) is 9.31. The maximum atomic E-state index is 12.2. The molecule has 1 aromatic carbocycles. The third kappa shape index (κ3) is 4.17. The molecular formula is C18H16ClN3O4S. The first-order valence-electron chi connectivity index (χ1n) is 8.05. The second-order valence-corrected chi connectivity index (χ2v) is 7.11. The first-order chi connectivity index (χ1) is 12.9. The van der Waals surface area contributed by atoms with Gasteiger partial charge in [-0.2, -0.15) is 0 Å². The molecule has 2 heterocycles. The highest BCUT2D eigenvalue weighted by Gasteiger charge is 2.20. The number of nitrogens with one attached hydrogen (secondary N) is 1. The molecule has 2 aromatic heterocycles. The highest BCUT2D eigenvalue weighted by atomic mass is 35.5. The van der Waals surface area contributed by atoms with Crippen LogP contribution in [0.1, 0.15) is 28.7 Å². The van der Waals surface area contributed by atoms with E-state index in [4.69, 9.17) is 16.3 Å². The summed E-state index contributed by atoms with van der Waals surface area (Å²) in [5.74, 6) is -1.11. The Morgan fingerprint density at radius 2 is 2.11 bits per heavy atom. The van der Waals surface area contributed by atoms with E-state index in [-0.39, 0.29) is 17.7 Å². The molecule has 0 saturated heterocycles. The summed E-state index contributed by atoms with van der Waals surface area (Å²) in [5, 5.41) is 4.65. The van der Waals surface area contributed by atoms with Gasteiger partial charge in [-0.15, -0.1) is 11.3 Å².